The molecule has 0 atom stereocenters. The minimum Gasteiger partial charge on any atom is -0.493 e. The van der Waals surface area contributed by atoms with Crippen LogP contribution >= 0.6 is 0 Å². The minimum atomic E-state index is -4.18. The summed E-state index contributed by atoms with van der Waals surface area (Å²) in [4.78, 5) is 3.88. The topological polar surface area (TPSA) is 54.9 Å². The van der Waals surface area contributed by atoms with E-state index >= 15 is 0 Å². The van der Waals surface area contributed by atoms with Crippen molar-refractivity contribution >= 4 is 5.96 Å². The molecule has 0 unspecified atom stereocenters. The number of hydrogen-bond donors (Lipinski definition) is 2. The van der Waals surface area contributed by atoms with Crippen molar-refractivity contribution in [2.45, 2.75) is 19.0 Å². The zero-order valence-electron chi connectivity index (χ0n) is 13.5. The van der Waals surface area contributed by atoms with Crippen LogP contribution < -0.4 is 20.1 Å². The third-order valence-electron chi connectivity index (χ3n) is 3.08. The molecule has 130 valence electrons. The second-order valence-electron chi connectivity index (χ2n) is 4.73. The van der Waals surface area contributed by atoms with Crippen molar-refractivity contribution in [2.24, 2.45) is 4.99 Å². The summed E-state index contributed by atoms with van der Waals surface area (Å²) in [6, 6.07) is 5.58. The number of hydrogen-bond acceptors (Lipinski definition) is 3. The zero-order chi connectivity index (χ0) is 17.3. The molecule has 1 rings (SSSR count). The van der Waals surface area contributed by atoms with Crippen LogP contribution in [0.1, 0.15) is 12.0 Å². The van der Waals surface area contributed by atoms with Gasteiger partial charge in [0.1, 0.15) is 0 Å². The van der Waals surface area contributed by atoms with Gasteiger partial charge in [-0.1, -0.05) is 6.07 Å². The van der Waals surface area contributed by atoms with Crippen molar-refractivity contribution in [3.8, 4) is 11.5 Å². The number of halogens is 3. The third kappa shape index (κ3) is 7.12. The van der Waals surface area contributed by atoms with Crippen molar-refractivity contribution in [2.75, 3.05) is 34.4 Å². The van der Waals surface area contributed by atoms with E-state index < -0.39 is 12.6 Å². The Morgan fingerprint density at radius 2 is 1.74 bits per heavy atom. The van der Waals surface area contributed by atoms with Gasteiger partial charge in [-0.05, 0) is 24.1 Å². The number of ether oxygens (including phenoxy) is 2. The largest absolute Gasteiger partial charge is 0.493 e. The molecule has 0 amide bonds. The van der Waals surface area contributed by atoms with E-state index in [2.05, 4.69) is 15.6 Å². The zero-order valence-corrected chi connectivity index (χ0v) is 13.5. The molecule has 0 fully saturated rings. The monoisotopic (exact) mass is 333 g/mol. The molecule has 0 bridgehead atoms. The summed E-state index contributed by atoms with van der Waals surface area (Å²) in [5.74, 6) is 1.63. The maximum absolute atomic E-state index is 12.1. The first-order chi connectivity index (χ1) is 10.9. The van der Waals surface area contributed by atoms with E-state index in [4.69, 9.17) is 9.47 Å². The van der Waals surface area contributed by atoms with Gasteiger partial charge < -0.3 is 20.1 Å². The SMILES string of the molecule is CN=C(NCCc1ccc(OC)c(OC)c1)NCCC(F)(F)F. The maximum Gasteiger partial charge on any atom is 0.390 e. The molecule has 0 radical (unpaired) electrons. The maximum atomic E-state index is 12.1. The Labute approximate surface area is 133 Å². The van der Waals surface area contributed by atoms with Gasteiger partial charge in [0.2, 0.25) is 0 Å². The van der Waals surface area contributed by atoms with Gasteiger partial charge in [-0.3, -0.25) is 4.99 Å². The number of guanidine groups is 1. The number of aliphatic imine (C=N–C) groups is 1. The molecule has 0 aliphatic carbocycles. The molecular weight excluding hydrogens is 311 g/mol. The number of nitrogens with one attached hydrogen (secondary N) is 2. The molecule has 0 heterocycles. The first kappa shape index (κ1) is 18.9. The summed E-state index contributed by atoms with van der Waals surface area (Å²) >= 11 is 0. The fourth-order valence-corrected chi connectivity index (χ4v) is 1.90. The van der Waals surface area contributed by atoms with Crippen LogP contribution in [0.5, 0.6) is 11.5 Å². The highest BCUT2D eigenvalue weighted by Crippen LogP contribution is 2.27. The fourth-order valence-electron chi connectivity index (χ4n) is 1.90. The number of alkyl halides is 3. The standard InChI is InChI=1S/C15H22F3N3O2/c1-19-14(21-9-7-15(16,17)18)20-8-6-11-4-5-12(22-2)13(10-11)23-3/h4-5,10H,6-9H2,1-3H3,(H2,19,20,21). The predicted molar refractivity (Wildman–Crippen MR) is 83.3 cm³/mol. The van der Waals surface area contributed by atoms with E-state index in [9.17, 15) is 13.2 Å². The van der Waals surface area contributed by atoms with Crippen LogP contribution in [-0.2, 0) is 6.42 Å². The lowest BCUT2D eigenvalue weighted by atomic mass is 10.1. The number of methoxy groups -OCH3 is 2. The predicted octanol–water partition coefficient (Wildman–Crippen LogP) is 2.36. The number of rotatable bonds is 7. The van der Waals surface area contributed by atoms with Crippen LogP contribution in [0.15, 0.2) is 23.2 Å². The Hall–Kier alpha value is -2.12. The summed E-state index contributed by atoms with van der Waals surface area (Å²) in [5, 5.41) is 5.60. The van der Waals surface area contributed by atoms with Crippen LogP contribution in [0.4, 0.5) is 13.2 Å². The van der Waals surface area contributed by atoms with E-state index in [0.29, 0.717) is 30.4 Å². The van der Waals surface area contributed by atoms with Gasteiger partial charge in [0.15, 0.2) is 17.5 Å². The molecule has 0 aliphatic rings. The molecule has 0 aliphatic heterocycles. The minimum absolute atomic E-state index is 0.209. The Morgan fingerprint density at radius 1 is 1.09 bits per heavy atom. The fraction of sp³-hybridized carbons (Fsp3) is 0.533. The molecule has 1 aromatic rings. The molecule has 23 heavy (non-hydrogen) atoms. The molecule has 1 aromatic carbocycles. The van der Waals surface area contributed by atoms with Crippen LogP contribution in [0.3, 0.4) is 0 Å². The molecular formula is C15H22F3N3O2. The number of nitrogens with zero attached hydrogens (tertiary/aromatic N) is 1. The van der Waals surface area contributed by atoms with Gasteiger partial charge in [0.05, 0.1) is 20.6 Å². The van der Waals surface area contributed by atoms with Crippen molar-refractivity contribution in [1.82, 2.24) is 10.6 Å². The highest BCUT2D eigenvalue weighted by molar-refractivity contribution is 5.79. The average molecular weight is 333 g/mol. The Balaban J connectivity index is 2.43. The molecule has 0 saturated heterocycles. The second-order valence-corrected chi connectivity index (χ2v) is 4.73. The highest BCUT2D eigenvalue weighted by Gasteiger charge is 2.26. The Bertz CT molecular complexity index is 519. The number of benzene rings is 1. The lowest BCUT2D eigenvalue weighted by Crippen LogP contribution is -2.39. The van der Waals surface area contributed by atoms with Crippen LogP contribution in [0.2, 0.25) is 0 Å². The van der Waals surface area contributed by atoms with Crippen LogP contribution in [0, 0.1) is 0 Å². The Kier molecular flexibility index (Phi) is 7.50. The molecule has 5 nitrogen and oxygen atoms in total. The van der Waals surface area contributed by atoms with E-state index in [0.717, 1.165) is 5.56 Å². The van der Waals surface area contributed by atoms with Gasteiger partial charge in [-0.2, -0.15) is 13.2 Å². The first-order valence-corrected chi connectivity index (χ1v) is 7.11. The van der Waals surface area contributed by atoms with Crippen molar-refractivity contribution in [3.63, 3.8) is 0 Å². The van der Waals surface area contributed by atoms with E-state index in [1.54, 1.807) is 14.2 Å². The summed E-state index contributed by atoms with van der Waals surface area (Å²) in [6.07, 6.45) is -4.41. The van der Waals surface area contributed by atoms with Crippen LogP contribution in [-0.4, -0.2) is 46.5 Å². The first-order valence-electron chi connectivity index (χ1n) is 7.11. The van der Waals surface area contributed by atoms with E-state index in [1.807, 2.05) is 18.2 Å². The van der Waals surface area contributed by atoms with Gasteiger partial charge in [0, 0.05) is 20.1 Å². The van der Waals surface area contributed by atoms with Crippen molar-refractivity contribution in [3.05, 3.63) is 23.8 Å². The normalized spacial score (nSPS) is 12.0. The molecule has 0 aromatic heterocycles. The van der Waals surface area contributed by atoms with Gasteiger partial charge in [-0.15, -0.1) is 0 Å². The lowest BCUT2D eigenvalue weighted by molar-refractivity contribution is -0.132. The van der Waals surface area contributed by atoms with Crippen LogP contribution in [0.25, 0.3) is 0 Å². The third-order valence-corrected chi connectivity index (χ3v) is 3.08. The second kappa shape index (κ2) is 9.12. The quantitative estimate of drug-likeness (QED) is 0.594. The van der Waals surface area contributed by atoms with Gasteiger partial charge in [0.25, 0.3) is 0 Å². The van der Waals surface area contributed by atoms with Crippen molar-refractivity contribution < 1.29 is 22.6 Å². The Morgan fingerprint density at radius 3 is 2.30 bits per heavy atom. The summed E-state index contributed by atoms with van der Waals surface area (Å²) < 4.78 is 46.7. The summed E-state index contributed by atoms with van der Waals surface area (Å²) in [5.41, 5.74) is 1.01. The lowest BCUT2D eigenvalue weighted by Gasteiger charge is -2.13. The highest BCUT2D eigenvalue weighted by atomic mass is 19.4. The van der Waals surface area contributed by atoms with E-state index in [-0.39, 0.29) is 6.54 Å². The molecule has 0 spiro atoms. The molecule has 8 heteroatoms. The summed E-state index contributed by atoms with van der Waals surface area (Å²) in [6.45, 7) is 0.320. The van der Waals surface area contributed by atoms with Gasteiger partial charge in [-0.25, -0.2) is 0 Å². The van der Waals surface area contributed by atoms with Crippen molar-refractivity contribution in [1.29, 1.82) is 0 Å². The van der Waals surface area contributed by atoms with E-state index in [1.165, 1.54) is 7.05 Å². The molecule has 0 saturated carbocycles. The molecule has 2 N–H and O–H groups in total. The summed E-state index contributed by atoms with van der Waals surface area (Å²) in [7, 11) is 4.64. The van der Waals surface area contributed by atoms with Gasteiger partial charge >= 0.3 is 6.18 Å². The average Bonchev–Trinajstić information content (AvgIpc) is 2.52. The smallest absolute Gasteiger partial charge is 0.390 e.